The van der Waals surface area contributed by atoms with Crippen LogP contribution in [0, 0.1) is 0 Å². The van der Waals surface area contributed by atoms with Crippen LogP contribution < -0.4 is 10.7 Å². The maximum absolute atomic E-state index is 11.9. The zero-order valence-corrected chi connectivity index (χ0v) is 14.8. The van der Waals surface area contributed by atoms with E-state index in [1.54, 1.807) is 25.1 Å². The number of amides is 2. The molecule has 2 rings (SSSR count). The lowest BCUT2D eigenvalue weighted by Gasteiger charge is -2.07. The van der Waals surface area contributed by atoms with E-state index in [0.717, 1.165) is 5.56 Å². The first-order valence-electron chi connectivity index (χ1n) is 7.30. The van der Waals surface area contributed by atoms with Gasteiger partial charge < -0.3 is 5.32 Å². The molecule has 0 atom stereocenters. The van der Waals surface area contributed by atoms with Gasteiger partial charge in [-0.3, -0.25) is 9.59 Å². The standard InChI is InChI=1S/C18H15Cl2N3O2/c1-12(10-11-13-6-3-2-4-7-13)22-23-18(25)17(24)21-15-9-5-8-14(19)16(15)20/h2-11H,1H3,(H,21,24)(H,23,25)/b11-10+,22-12-. The predicted octanol–water partition coefficient (Wildman–Crippen LogP) is 4.14. The molecule has 0 aliphatic rings. The van der Waals surface area contributed by atoms with E-state index in [4.69, 9.17) is 23.2 Å². The maximum atomic E-state index is 11.9. The summed E-state index contributed by atoms with van der Waals surface area (Å²) in [5.41, 5.74) is 3.96. The number of hydrazone groups is 1. The molecule has 2 aromatic carbocycles. The molecule has 0 aliphatic heterocycles. The summed E-state index contributed by atoms with van der Waals surface area (Å²) < 4.78 is 0. The topological polar surface area (TPSA) is 70.6 Å². The Labute approximate surface area is 155 Å². The molecule has 0 spiro atoms. The average molecular weight is 376 g/mol. The molecule has 0 aromatic heterocycles. The molecule has 2 amide bonds. The molecule has 128 valence electrons. The van der Waals surface area contributed by atoms with Crippen LogP contribution in [-0.4, -0.2) is 17.5 Å². The SMILES string of the molecule is CC(/C=C/c1ccccc1)=N/NC(=O)C(=O)Nc1cccc(Cl)c1Cl. The predicted molar refractivity (Wildman–Crippen MR) is 102 cm³/mol. The van der Waals surface area contributed by atoms with Crippen molar-refractivity contribution >= 4 is 52.5 Å². The number of allylic oxidation sites excluding steroid dienone is 1. The maximum Gasteiger partial charge on any atom is 0.329 e. The van der Waals surface area contributed by atoms with E-state index < -0.39 is 11.8 Å². The highest BCUT2D eigenvalue weighted by Crippen LogP contribution is 2.29. The third-order valence-electron chi connectivity index (χ3n) is 3.06. The number of rotatable bonds is 4. The molecule has 0 fully saturated rings. The van der Waals surface area contributed by atoms with Gasteiger partial charge >= 0.3 is 11.8 Å². The first-order chi connectivity index (χ1) is 12.0. The second-order valence-corrected chi connectivity index (χ2v) is 5.78. The minimum Gasteiger partial charge on any atom is -0.316 e. The Morgan fingerprint density at radius 3 is 2.44 bits per heavy atom. The number of carbonyl (C=O) groups is 2. The molecule has 5 nitrogen and oxygen atoms in total. The summed E-state index contributed by atoms with van der Waals surface area (Å²) in [6, 6.07) is 14.3. The molecule has 25 heavy (non-hydrogen) atoms. The Morgan fingerprint density at radius 2 is 1.72 bits per heavy atom. The van der Waals surface area contributed by atoms with Gasteiger partial charge in [-0.15, -0.1) is 0 Å². The molecule has 0 radical (unpaired) electrons. The molecule has 0 aliphatic carbocycles. The van der Waals surface area contributed by atoms with Crippen molar-refractivity contribution in [2.45, 2.75) is 6.92 Å². The van der Waals surface area contributed by atoms with E-state index in [9.17, 15) is 9.59 Å². The lowest BCUT2D eigenvalue weighted by molar-refractivity contribution is -0.136. The fourth-order valence-electron chi connectivity index (χ4n) is 1.79. The monoisotopic (exact) mass is 375 g/mol. The van der Waals surface area contributed by atoms with E-state index in [-0.39, 0.29) is 15.7 Å². The molecule has 2 aromatic rings. The summed E-state index contributed by atoms with van der Waals surface area (Å²) in [6.07, 6.45) is 3.57. The molecule has 0 heterocycles. The summed E-state index contributed by atoms with van der Waals surface area (Å²) in [5.74, 6) is -1.81. The van der Waals surface area contributed by atoms with Crippen LogP contribution in [0.3, 0.4) is 0 Å². The van der Waals surface area contributed by atoms with E-state index in [2.05, 4.69) is 15.8 Å². The van der Waals surface area contributed by atoms with Gasteiger partial charge in [-0.1, -0.05) is 65.7 Å². The molecule has 0 saturated carbocycles. The van der Waals surface area contributed by atoms with Crippen LogP contribution in [0.1, 0.15) is 12.5 Å². The Bertz CT molecular complexity index is 833. The summed E-state index contributed by atoms with van der Waals surface area (Å²) >= 11 is 11.8. The van der Waals surface area contributed by atoms with Crippen LogP contribution in [0.25, 0.3) is 6.08 Å². The van der Waals surface area contributed by atoms with E-state index in [0.29, 0.717) is 5.71 Å². The fourth-order valence-corrected chi connectivity index (χ4v) is 2.14. The van der Waals surface area contributed by atoms with Gasteiger partial charge in [0, 0.05) is 0 Å². The Hall–Kier alpha value is -2.63. The highest BCUT2D eigenvalue weighted by Gasteiger charge is 2.15. The van der Waals surface area contributed by atoms with Crippen molar-refractivity contribution in [3.8, 4) is 0 Å². The minimum absolute atomic E-state index is 0.163. The molecule has 2 N–H and O–H groups in total. The van der Waals surface area contributed by atoms with Gasteiger partial charge in [0.15, 0.2) is 0 Å². The lowest BCUT2D eigenvalue weighted by atomic mass is 10.2. The highest BCUT2D eigenvalue weighted by molar-refractivity contribution is 6.45. The summed E-state index contributed by atoms with van der Waals surface area (Å²) in [4.78, 5) is 23.6. The van der Waals surface area contributed by atoms with Gasteiger partial charge in [-0.25, -0.2) is 5.43 Å². The van der Waals surface area contributed by atoms with E-state index >= 15 is 0 Å². The number of hydrogen-bond acceptors (Lipinski definition) is 3. The molecule has 7 heteroatoms. The minimum atomic E-state index is -0.913. The van der Waals surface area contributed by atoms with E-state index in [1.165, 1.54) is 6.07 Å². The Kier molecular flexibility index (Phi) is 6.74. The molecule has 0 bridgehead atoms. The van der Waals surface area contributed by atoms with Crippen molar-refractivity contribution in [1.29, 1.82) is 0 Å². The summed E-state index contributed by atoms with van der Waals surface area (Å²) in [6.45, 7) is 1.70. The average Bonchev–Trinajstić information content (AvgIpc) is 2.62. The zero-order valence-electron chi connectivity index (χ0n) is 13.3. The van der Waals surface area contributed by atoms with Gasteiger partial charge in [0.05, 0.1) is 21.4 Å². The van der Waals surface area contributed by atoms with Crippen LogP contribution in [0.4, 0.5) is 5.69 Å². The van der Waals surface area contributed by atoms with Crippen molar-refractivity contribution in [3.05, 3.63) is 70.2 Å². The smallest absolute Gasteiger partial charge is 0.316 e. The first kappa shape index (κ1) is 18.7. The van der Waals surface area contributed by atoms with Crippen LogP contribution >= 0.6 is 23.2 Å². The summed E-state index contributed by atoms with van der Waals surface area (Å²) in [5, 5.41) is 6.67. The van der Waals surface area contributed by atoms with Gasteiger partial charge in [-0.2, -0.15) is 5.10 Å². The van der Waals surface area contributed by atoms with Crippen molar-refractivity contribution < 1.29 is 9.59 Å². The quantitative estimate of drug-likeness (QED) is 0.478. The summed E-state index contributed by atoms with van der Waals surface area (Å²) in [7, 11) is 0. The number of nitrogens with one attached hydrogen (secondary N) is 2. The van der Waals surface area contributed by atoms with Crippen LogP contribution in [-0.2, 0) is 9.59 Å². The lowest BCUT2D eigenvalue weighted by Crippen LogP contribution is -2.32. The number of anilines is 1. The second kappa shape index (κ2) is 9.01. The number of halogens is 2. The van der Waals surface area contributed by atoms with Gasteiger partial charge in [0.1, 0.15) is 0 Å². The number of benzene rings is 2. The van der Waals surface area contributed by atoms with E-state index in [1.807, 2.05) is 36.4 Å². The van der Waals surface area contributed by atoms with Gasteiger partial charge in [0.25, 0.3) is 0 Å². The van der Waals surface area contributed by atoms with Crippen molar-refractivity contribution in [2.75, 3.05) is 5.32 Å². The number of hydrogen-bond donors (Lipinski definition) is 2. The normalized spacial score (nSPS) is 11.4. The van der Waals surface area contributed by atoms with Crippen molar-refractivity contribution in [2.24, 2.45) is 5.10 Å². The van der Waals surface area contributed by atoms with Gasteiger partial charge in [0.2, 0.25) is 0 Å². The molecular formula is C18H15Cl2N3O2. The second-order valence-electron chi connectivity index (χ2n) is 4.99. The third-order valence-corrected chi connectivity index (χ3v) is 3.88. The fraction of sp³-hybridized carbons (Fsp3) is 0.0556. The first-order valence-corrected chi connectivity index (χ1v) is 8.05. The van der Waals surface area contributed by atoms with Crippen molar-refractivity contribution in [3.63, 3.8) is 0 Å². The molecular weight excluding hydrogens is 361 g/mol. The van der Waals surface area contributed by atoms with Crippen LogP contribution in [0.15, 0.2) is 59.7 Å². The third kappa shape index (κ3) is 5.74. The number of nitrogens with zero attached hydrogens (tertiary/aromatic N) is 1. The molecule has 0 unspecified atom stereocenters. The zero-order chi connectivity index (χ0) is 18.2. The van der Waals surface area contributed by atoms with Crippen LogP contribution in [0.2, 0.25) is 10.0 Å². The molecule has 0 saturated heterocycles. The number of carbonyl (C=O) groups excluding carboxylic acids is 2. The largest absolute Gasteiger partial charge is 0.329 e. The Morgan fingerprint density at radius 1 is 1.00 bits per heavy atom. The van der Waals surface area contributed by atoms with Gasteiger partial charge in [-0.05, 0) is 30.7 Å². The highest BCUT2D eigenvalue weighted by atomic mass is 35.5. The van der Waals surface area contributed by atoms with Crippen molar-refractivity contribution in [1.82, 2.24) is 5.43 Å². The Balaban J connectivity index is 1.93. The van der Waals surface area contributed by atoms with Crippen LogP contribution in [0.5, 0.6) is 0 Å².